The second-order valence-electron chi connectivity index (χ2n) is 6.35. The minimum atomic E-state index is -1.55. The molecule has 126 valence electrons. The maximum absolute atomic E-state index is 13.2. The van der Waals surface area contributed by atoms with Crippen molar-refractivity contribution in [3.8, 4) is 6.07 Å². The van der Waals surface area contributed by atoms with Gasteiger partial charge in [-0.2, -0.15) is 5.26 Å². The van der Waals surface area contributed by atoms with E-state index in [1.807, 2.05) is 19.1 Å². The Labute approximate surface area is 152 Å². The fraction of sp³-hybridized carbons (Fsp3) is 0.278. The van der Waals surface area contributed by atoms with Crippen LogP contribution in [0.15, 0.2) is 39.4 Å². The summed E-state index contributed by atoms with van der Waals surface area (Å²) in [5.74, 6) is -0.353. The number of ether oxygens (including phenoxy) is 1. The number of allylic oxidation sites excluding steroid dienone is 1. The smallest absolute Gasteiger partial charge is 0.245 e. The van der Waals surface area contributed by atoms with Crippen LogP contribution >= 0.6 is 15.9 Å². The highest BCUT2D eigenvalue weighted by molar-refractivity contribution is 9.10. The Morgan fingerprint density at radius 1 is 1.36 bits per heavy atom. The molecular formula is C18H14BrN3O3. The van der Waals surface area contributed by atoms with E-state index in [4.69, 9.17) is 10.5 Å². The van der Waals surface area contributed by atoms with Gasteiger partial charge < -0.3 is 15.8 Å². The molecule has 25 heavy (non-hydrogen) atoms. The number of carbonyl (C=O) groups is 2. The van der Waals surface area contributed by atoms with Crippen LogP contribution in [-0.4, -0.2) is 11.7 Å². The second-order valence-corrected chi connectivity index (χ2v) is 7.14. The molecule has 3 aliphatic rings. The molecule has 7 heteroatoms. The average Bonchev–Trinajstić information content (AvgIpc) is 2.85. The number of fused-ring (bicyclic) bond motifs is 3. The van der Waals surface area contributed by atoms with E-state index in [0.717, 1.165) is 5.56 Å². The number of nitriles is 1. The van der Waals surface area contributed by atoms with Crippen LogP contribution in [0.1, 0.15) is 30.4 Å². The fourth-order valence-corrected chi connectivity index (χ4v) is 4.57. The minimum Gasteiger partial charge on any atom is -0.444 e. The summed E-state index contributed by atoms with van der Waals surface area (Å²) in [6.45, 7) is 1.89. The SMILES string of the molecule is Cc1ccc2c(c1Br)[C@@]1(C(=O)N2)C(C#N)=C(N)OC2=C1C(=O)CCC2. The molecule has 1 atom stereocenters. The van der Waals surface area contributed by atoms with Gasteiger partial charge in [0.05, 0.1) is 5.57 Å². The Kier molecular flexibility index (Phi) is 3.31. The first kappa shape index (κ1) is 15.9. The van der Waals surface area contributed by atoms with Crippen LogP contribution in [0, 0.1) is 18.3 Å². The first-order chi connectivity index (χ1) is 11.9. The topological polar surface area (TPSA) is 105 Å². The molecule has 1 aromatic carbocycles. The van der Waals surface area contributed by atoms with E-state index in [-0.39, 0.29) is 22.8 Å². The van der Waals surface area contributed by atoms with Crippen LogP contribution in [0.2, 0.25) is 0 Å². The number of aryl methyl sites for hydroxylation is 1. The highest BCUT2D eigenvalue weighted by Crippen LogP contribution is 2.56. The summed E-state index contributed by atoms with van der Waals surface area (Å²) in [7, 11) is 0. The van der Waals surface area contributed by atoms with Gasteiger partial charge in [0, 0.05) is 28.6 Å². The lowest BCUT2D eigenvalue weighted by Gasteiger charge is -2.37. The van der Waals surface area contributed by atoms with Crippen LogP contribution in [-0.2, 0) is 19.7 Å². The number of carbonyl (C=O) groups excluding carboxylic acids is 2. The number of hydrogen-bond donors (Lipinski definition) is 2. The maximum Gasteiger partial charge on any atom is 0.245 e. The van der Waals surface area contributed by atoms with Crippen molar-refractivity contribution in [1.29, 1.82) is 5.26 Å². The Balaban J connectivity index is 2.17. The summed E-state index contributed by atoms with van der Waals surface area (Å²) in [6, 6.07) is 5.65. The van der Waals surface area contributed by atoms with E-state index in [0.29, 0.717) is 40.7 Å². The van der Waals surface area contributed by atoms with Gasteiger partial charge in [0.1, 0.15) is 22.8 Å². The van der Waals surface area contributed by atoms with Crippen molar-refractivity contribution in [2.75, 3.05) is 5.32 Å². The molecule has 6 nitrogen and oxygen atoms in total. The van der Waals surface area contributed by atoms with Crippen molar-refractivity contribution in [1.82, 2.24) is 0 Å². The Bertz CT molecular complexity index is 971. The number of amides is 1. The summed E-state index contributed by atoms with van der Waals surface area (Å²) in [5, 5.41) is 12.6. The van der Waals surface area contributed by atoms with Crippen molar-refractivity contribution >= 4 is 33.3 Å². The van der Waals surface area contributed by atoms with Crippen LogP contribution in [0.25, 0.3) is 0 Å². The number of nitrogens with one attached hydrogen (secondary N) is 1. The van der Waals surface area contributed by atoms with Crippen LogP contribution in [0.3, 0.4) is 0 Å². The van der Waals surface area contributed by atoms with Gasteiger partial charge in [-0.05, 0) is 25.0 Å². The third-order valence-corrected chi connectivity index (χ3v) is 6.03. The van der Waals surface area contributed by atoms with E-state index < -0.39 is 11.3 Å². The Morgan fingerprint density at radius 2 is 2.12 bits per heavy atom. The molecular weight excluding hydrogens is 386 g/mol. The third-order valence-electron chi connectivity index (χ3n) is 5.01. The van der Waals surface area contributed by atoms with E-state index in [2.05, 4.69) is 21.2 Å². The predicted octanol–water partition coefficient (Wildman–Crippen LogP) is 2.68. The van der Waals surface area contributed by atoms with Crippen molar-refractivity contribution in [2.24, 2.45) is 5.73 Å². The number of nitrogens with two attached hydrogens (primary N) is 1. The van der Waals surface area contributed by atoms with Crippen LogP contribution < -0.4 is 11.1 Å². The normalized spacial score (nSPS) is 24.7. The quantitative estimate of drug-likeness (QED) is 0.697. The molecule has 1 aliphatic carbocycles. The van der Waals surface area contributed by atoms with Gasteiger partial charge in [-0.1, -0.05) is 22.0 Å². The zero-order chi connectivity index (χ0) is 17.9. The molecule has 0 unspecified atom stereocenters. The number of hydrogen-bond acceptors (Lipinski definition) is 5. The van der Waals surface area contributed by atoms with Gasteiger partial charge in [-0.15, -0.1) is 0 Å². The van der Waals surface area contributed by atoms with E-state index in [1.54, 1.807) is 6.07 Å². The van der Waals surface area contributed by atoms with E-state index >= 15 is 0 Å². The monoisotopic (exact) mass is 399 g/mol. The minimum absolute atomic E-state index is 0.0379. The Morgan fingerprint density at radius 3 is 2.84 bits per heavy atom. The number of halogens is 1. The van der Waals surface area contributed by atoms with Gasteiger partial charge >= 0.3 is 0 Å². The van der Waals surface area contributed by atoms with E-state index in [1.165, 1.54) is 0 Å². The van der Waals surface area contributed by atoms with Gasteiger partial charge in [-0.3, -0.25) is 9.59 Å². The highest BCUT2D eigenvalue weighted by Gasteiger charge is 2.60. The Hall–Kier alpha value is -2.59. The number of Topliss-reactive ketones (excluding diaryl/α,β-unsaturated/α-hetero) is 1. The first-order valence-corrected chi connectivity index (χ1v) is 8.68. The van der Waals surface area contributed by atoms with Gasteiger partial charge in [-0.25, -0.2) is 0 Å². The number of rotatable bonds is 0. The molecule has 3 N–H and O–H groups in total. The van der Waals surface area contributed by atoms with Crippen molar-refractivity contribution in [3.63, 3.8) is 0 Å². The molecule has 0 saturated heterocycles. The van der Waals surface area contributed by atoms with E-state index in [9.17, 15) is 14.9 Å². The fourth-order valence-electron chi connectivity index (χ4n) is 3.93. The zero-order valence-electron chi connectivity index (χ0n) is 13.4. The lowest BCUT2D eigenvalue weighted by molar-refractivity contribution is -0.123. The second kappa shape index (κ2) is 5.20. The lowest BCUT2D eigenvalue weighted by Crippen LogP contribution is -2.46. The predicted molar refractivity (Wildman–Crippen MR) is 93.0 cm³/mol. The van der Waals surface area contributed by atoms with Crippen molar-refractivity contribution < 1.29 is 14.3 Å². The van der Waals surface area contributed by atoms with Crippen LogP contribution in [0.4, 0.5) is 5.69 Å². The molecule has 4 rings (SSSR count). The molecule has 0 saturated carbocycles. The molecule has 1 amide bonds. The molecule has 0 bridgehead atoms. The number of anilines is 1. The lowest BCUT2D eigenvalue weighted by atomic mass is 9.65. The molecule has 0 aromatic heterocycles. The first-order valence-electron chi connectivity index (χ1n) is 7.89. The molecule has 1 aromatic rings. The summed E-state index contributed by atoms with van der Waals surface area (Å²) in [5.41, 5.74) is 6.67. The summed E-state index contributed by atoms with van der Waals surface area (Å²) in [6.07, 6.45) is 1.45. The molecule has 2 heterocycles. The zero-order valence-corrected chi connectivity index (χ0v) is 15.0. The average molecular weight is 400 g/mol. The third kappa shape index (κ3) is 1.83. The van der Waals surface area contributed by atoms with Crippen LogP contribution in [0.5, 0.6) is 0 Å². The van der Waals surface area contributed by atoms with Gasteiger partial charge in [0.25, 0.3) is 0 Å². The largest absolute Gasteiger partial charge is 0.444 e. The standard InChI is InChI=1S/C18H14BrN3O3/c1-8-5-6-10-13(15(8)19)18(17(24)22-10)9(7-20)16(21)25-12-4-2-3-11(23)14(12)18/h5-6H,2-4,21H2,1H3,(H,22,24)/t18-/m0/s1. The molecule has 0 fully saturated rings. The molecule has 0 radical (unpaired) electrons. The molecule has 2 aliphatic heterocycles. The highest BCUT2D eigenvalue weighted by atomic mass is 79.9. The maximum atomic E-state index is 13.2. The van der Waals surface area contributed by atoms with Crippen molar-refractivity contribution in [3.05, 3.63) is 50.5 Å². The number of benzene rings is 1. The van der Waals surface area contributed by atoms with Gasteiger partial charge in [0.2, 0.25) is 11.8 Å². The number of ketones is 1. The summed E-state index contributed by atoms with van der Waals surface area (Å²) >= 11 is 3.54. The van der Waals surface area contributed by atoms with Crippen molar-refractivity contribution in [2.45, 2.75) is 31.6 Å². The molecule has 1 spiro atoms. The summed E-state index contributed by atoms with van der Waals surface area (Å²) in [4.78, 5) is 26.0. The van der Waals surface area contributed by atoms with Gasteiger partial charge in [0.15, 0.2) is 5.78 Å². The summed E-state index contributed by atoms with van der Waals surface area (Å²) < 4.78 is 6.26. The number of nitrogens with zero attached hydrogens (tertiary/aromatic N) is 1.